The minimum atomic E-state index is -0.433. The van der Waals surface area contributed by atoms with Gasteiger partial charge in [-0.25, -0.2) is 14.4 Å². The fourth-order valence-corrected chi connectivity index (χ4v) is 4.12. The highest BCUT2D eigenvalue weighted by molar-refractivity contribution is 5.93. The predicted molar refractivity (Wildman–Crippen MR) is 119 cm³/mol. The maximum atomic E-state index is 14.6. The van der Waals surface area contributed by atoms with Crippen molar-refractivity contribution in [2.45, 2.75) is 12.5 Å². The highest BCUT2D eigenvalue weighted by atomic mass is 19.1. The minimum Gasteiger partial charge on any atom is -0.383 e. The van der Waals surface area contributed by atoms with Crippen molar-refractivity contribution in [1.82, 2.24) is 29.2 Å². The molecule has 1 saturated heterocycles. The number of aromatic nitrogens is 5. The molecule has 160 valence electrons. The summed E-state index contributed by atoms with van der Waals surface area (Å²) in [4.78, 5) is 22.2. The van der Waals surface area contributed by atoms with Gasteiger partial charge in [-0.05, 0) is 30.6 Å². The molecule has 4 heterocycles. The van der Waals surface area contributed by atoms with E-state index in [-0.39, 0.29) is 17.5 Å². The van der Waals surface area contributed by atoms with Crippen LogP contribution in [0.15, 0.2) is 43.4 Å². The van der Waals surface area contributed by atoms with E-state index >= 15 is 0 Å². The lowest BCUT2D eigenvalue weighted by Gasteiger charge is -2.15. The molecule has 3 aromatic heterocycles. The Morgan fingerprint density at radius 2 is 2.16 bits per heavy atom. The van der Waals surface area contributed by atoms with Crippen LogP contribution in [0.4, 0.5) is 10.2 Å². The molecule has 1 aliphatic heterocycles. The number of hydrogen-bond acceptors (Lipinski definition) is 5. The molecule has 8 nitrogen and oxygen atoms in total. The largest absolute Gasteiger partial charge is 0.383 e. The number of rotatable bonds is 2. The second-order valence-corrected chi connectivity index (χ2v) is 7.74. The van der Waals surface area contributed by atoms with E-state index in [2.05, 4.69) is 33.5 Å². The van der Waals surface area contributed by atoms with E-state index in [1.165, 1.54) is 12.1 Å². The third-order valence-corrected chi connectivity index (χ3v) is 5.78. The fraction of sp³-hybridized carbons (Fsp3) is 0.217. The van der Waals surface area contributed by atoms with Gasteiger partial charge in [0.25, 0.3) is 0 Å². The standard InChI is InChI=1S/C23H20FN7O/c1-3-21(32)30-9-7-15(12-30)31-19-6-8-26-23(25)22(19)17(28-31)5-4-14-10-18-20(11-16(14)24)29(2)13-27-18/h3,6,8,10-11,13,15H,1,7,9,12H2,2H3,(H2,25,26)/t15-/m0/s1. The summed E-state index contributed by atoms with van der Waals surface area (Å²) in [6.07, 6.45) is 5.31. The SMILES string of the molecule is C=CC(=O)N1CC[C@H](n2nc(C#Cc3cc4ncn(C)c4cc3F)c3c(N)nccc32)C1. The number of carbonyl (C=O) groups excluding carboxylic acids is 1. The first-order valence-corrected chi connectivity index (χ1v) is 10.1. The van der Waals surface area contributed by atoms with Crippen molar-refractivity contribution >= 4 is 33.7 Å². The van der Waals surface area contributed by atoms with Crippen LogP contribution in [0.1, 0.15) is 23.7 Å². The molecule has 0 unspecified atom stereocenters. The number of anilines is 1. The molecule has 5 rings (SSSR count). The van der Waals surface area contributed by atoms with Crippen molar-refractivity contribution in [3.05, 3.63) is 60.5 Å². The van der Waals surface area contributed by atoms with Crippen molar-refractivity contribution in [2.24, 2.45) is 7.05 Å². The van der Waals surface area contributed by atoms with Crippen LogP contribution in [0.2, 0.25) is 0 Å². The topological polar surface area (TPSA) is 94.9 Å². The van der Waals surface area contributed by atoms with Gasteiger partial charge in [0.1, 0.15) is 17.3 Å². The van der Waals surface area contributed by atoms with Crippen molar-refractivity contribution in [1.29, 1.82) is 0 Å². The lowest BCUT2D eigenvalue weighted by atomic mass is 10.1. The van der Waals surface area contributed by atoms with Gasteiger partial charge in [-0.3, -0.25) is 9.48 Å². The molecule has 1 fully saturated rings. The number of imidazole rings is 1. The van der Waals surface area contributed by atoms with Gasteiger partial charge in [-0.15, -0.1) is 0 Å². The quantitative estimate of drug-likeness (QED) is 0.390. The van der Waals surface area contributed by atoms with E-state index < -0.39 is 5.82 Å². The monoisotopic (exact) mass is 429 g/mol. The summed E-state index contributed by atoms with van der Waals surface area (Å²) < 4.78 is 18.2. The van der Waals surface area contributed by atoms with Crippen molar-refractivity contribution in [3.8, 4) is 11.8 Å². The number of likely N-dealkylation sites (tertiary alicyclic amines) is 1. The van der Waals surface area contributed by atoms with Crippen molar-refractivity contribution in [3.63, 3.8) is 0 Å². The van der Waals surface area contributed by atoms with E-state index in [4.69, 9.17) is 5.73 Å². The van der Waals surface area contributed by atoms with Gasteiger partial charge in [0, 0.05) is 32.4 Å². The number of halogens is 1. The number of aryl methyl sites for hydroxylation is 1. The average Bonchev–Trinajstić information content (AvgIpc) is 3.50. The zero-order valence-electron chi connectivity index (χ0n) is 17.4. The lowest BCUT2D eigenvalue weighted by molar-refractivity contribution is -0.125. The molecule has 0 radical (unpaired) electrons. The first-order valence-electron chi connectivity index (χ1n) is 10.1. The van der Waals surface area contributed by atoms with Gasteiger partial charge in [0.15, 0.2) is 0 Å². The van der Waals surface area contributed by atoms with Crippen LogP contribution in [-0.2, 0) is 11.8 Å². The summed E-state index contributed by atoms with van der Waals surface area (Å²) in [6, 6.07) is 4.83. The van der Waals surface area contributed by atoms with Gasteiger partial charge in [0.2, 0.25) is 5.91 Å². The second-order valence-electron chi connectivity index (χ2n) is 7.74. The van der Waals surface area contributed by atoms with E-state index in [0.717, 1.165) is 11.9 Å². The zero-order chi connectivity index (χ0) is 22.4. The summed E-state index contributed by atoms with van der Waals surface area (Å²) in [5.41, 5.74) is 8.92. The van der Waals surface area contributed by atoms with Gasteiger partial charge in [-0.2, -0.15) is 5.10 Å². The molecular formula is C23H20FN7O. The maximum Gasteiger partial charge on any atom is 0.246 e. The molecule has 32 heavy (non-hydrogen) atoms. The summed E-state index contributed by atoms with van der Waals surface area (Å²) in [5.74, 6) is 5.61. The maximum absolute atomic E-state index is 14.6. The number of hydrogen-bond donors (Lipinski definition) is 1. The Morgan fingerprint density at radius 3 is 2.97 bits per heavy atom. The number of amides is 1. The number of fused-ring (bicyclic) bond motifs is 2. The first-order chi connectivity index (χ1) is 15.5. The number of benzene rings is 1. The summed E-state index contributed by atoms with van der Waals surface area (Å²) in [7, 11) is 1.81. The molecule has 9 heteroatoms. The first kappa shape index (κ1) is 19.8. The summed E-state index contributed by atoms with van der Waals surface area (Å²) >= 11 is 0. The number of pyridine rings is 1. The van der Waals surface area contributed by atoms with Gasteiger partial charge < -0.3 is 15.2 Å². The Bertz CT molecular complexity index is 1460. The van der Waals surface area contributed by atoms with Crippen LogP contribution in [-0.4, -0.2) is 48.2 Å². The normalized spacial score (nSPS) is 15.8. The average molecular weight is 429 g/mol. The van der Waals surface area contributed by atoms with Gasteiger partial charge in [0.05, 0.1) is 39.9 Å². The van der Waals surface area contributed by atoms with Crippen LogP contribution in [0.25, 0.3) is 21.9 Å². The Morgan fingerprint density at radius 1 is 1.31 bits per heavy atom. The Kier molecular flexibility index (Phi) is 4.63. The zero-order valence-corrected chi connectivity index (χ0v) is 17.4. The Hall–Kier alpha value is -4.19. The van der Waals surface area contributed by atoms with Crippen LogP contribution < -0.4 is 5.73 Å². The van der Waals surface area contributed by atoms with Crippen LogP contribution in [0.3, 0.4) is 0 Å². The molecule has 0 aliphatic carbocycles. The second kappa shape index (κ2) is 7.50. The number of carbonyl (C=O) groups is 1. The molecule has 1 atom stereocenters. The summed E-state index contributed by atoms with van der Waals surface area (Å²) in [6.45, 7) is 4.69. The smallest absolute Gasteiger partial charge is 0.246 e. The molecule has 0 saturated carbocycles. The molecule has 4 aromatic rings. The van der Waals surface area contributed by atoms with E-state index in [1.807, 2.05) is 10.7 Å². The number of nitrogen functional groups attached to an aromatic ring is 1. The van der Waals surface area contributed by atoms with Crippen molar-refractivity contribution < 1.29 is 9.18 Å². The number of nitrogens with zero attached hydrogens (tertiary/aromatic N) is 6. The highest BCUT2D eigenvalue weighted by Crippen LogP contribution is 2.29. The molecule has 1 aliphatic rings. The summed E-state index contributed by atoms with van der Waals surface area (Å²) in [5, 5.41) is 5.30. The molecule has 1 aromatic carbocycles. The lowest BCUT2D eigenvalue weighted by Crippen LogP contribution is -2.27. The van der Waals surface area contributed by atoms with Crippen LogP contribution in [0, 0.1) is 17.7 Å². The van der Waals surface area contributed by atoms with Crippen molar-refractivity contribution in [2.75, 3.05) is 18.8 Å². The molecule has 2 N–H and O–H groups in total. The Balaban J connectivity index is 1.57. The third-order valence-electron chi connectivity index (χ3n) is 5.78. The molecule has 1 amide bonds. The van der Waals surface area contributed by atoms with E-state index in [0.29, 0.717) is 41.0 Å². The number of nitrogens with two attached hydrogens (primary N) is 1. The van der Waals surface area contributed by atoms with Crippen LogP contribution in [0.5, 0.6) is 0 Å². The van der Waals surface area contributed by atoms with E-state index in [9.17, 15) is 9.18 Å². The van der Waals surface area contributed by atoms with Gasteiger partial charge >= 0.3 is 0 Å². The Labute approximate surface area is 183 Å². The molecule has 0 bridgehead atoms. The van der Waals surface area contributed by atoms with Gasteiger partial charge in [-0.1, -0.05) is 12.5 Å². The molecule has 0 spiro atoms. The highest BCUT2D eigenvalue weighted by Gasteiger charge is 2.29. The minimum absolute atomic E-state index is 0.0274. The third kappa shape index (κ3) is 3.17. The molecular weight excluding hydrogens is 409 g/mol. The fourth-order valence-electron chi connectivity index (χ4n) is 4.12. The van der Waals surface area contributed by atoms with Crippen LogP contribution >= 0.6 is 0 Å². The van der Waals surface area contributed by atoms with E-state index in [1.54, 1.807) is 35.1 Å². The predicted octanol–water partition coefficient (Wildman–Crippen LogP) is 2.40.